The molecule has 41 heavy (non-hydrogen) atoms. The number of nitro groups is 1. The maximum atomic E-state index is 11.4. The van der Waals surface area contributed by atoms with Crippen molar-refractivity contribution < 1.29 is 19.3 Å². The lowest BCUT2D eigenvalue weighted by molar-refractivity contribution is -0.402. The lowest BCUT2D eigenvalue weighted by Crippen LogP contribution is -2.46. The summed E-state index contributed by atoms with van der Waals surface area (Å²) in [6.07, 6.45) is 2.01. The fraction of sp³-hybridized carbons (Fsp3) is 0.281. The molecule has 0 radical (unpaired) electrons. The smallest absolute Gasteiger partial charge is 0.433 e. The van der Waals surface area contributed by atoms with Crippen LogP contribution in [0.25, 0.3) is 0 Å². The molecule has 1 N–H and O–H groups in total. The molecule has 0 spiro atoms. The number of benzene rings is 3. The van der Waals surface area contributed by atoms with Gasteiger partial charge in [-0.2, -0.15) is 0 Å². The van der Waals surface area contributed by atoms with Crippen LogP contribution in [0, 0.1) is 10.1 Å². The number of hydrogen-bond acceptors (Lipinski definition) is 8. The Labute approximate surface area is 237 Å². The zero-order valence-corrected chi connectivity index (χ0v) is 22.4. The lowest BCUT2D eigenvalue weighted by Gasteiger charge is -2.43. The number of fused-ring (bicyclic) bond motifs is 3. The second kappa shape index (κ2) is 10.5. The predicted octanol–water partition coefficient (Wildman–Crippen LogP) is 5.94. The Morgan fingerprint density at radius 1 is 0.927 bits per heavy atom. The molecule has 0 unspecified atom stereocenters. The van der Waals surface area contributed by atoms with Crippen molar-refractivity contribution in [2.45, 2.75) is 44.1 Å². The van der Waals surface area contributed by atoms with E-state index in [-0.39, 0.29) is 30.1 Å². The van der Waals surface area contributed by atoms with Crippen LogP contribution in [0.4, 0.5) is 5.88 Å². The van der Waals surface area contributed by atoms with Crippen LogP contribution in [-0.2, 0) is 17.9 Å². The molecule has 4 heterocycles. The molecular weight excluding hydrogens is 520 g/mol. The molecule has 7 rings (SSSR count). The van der Waals surface area contributed by atoms with E-state index in [1.807, 2.05) is 42.5 Å². The van der Waals surface area contributed by atoms with Crippen LogP contribution in [-0.4, -0.2) is 44.9 Å². The maximum Gasteiger partial charge on any atom is 0.433 e. The Morgan fingerprint density at radius 2 is 1.71 bits per heavy atom. The highest BCUT2D eigenvalue weighted by Crippen LogP contribution is 2.49. The van der Waals surface area contributed by atoms with Gasteiger partial charge in [0, 0.05) is 12.1 Å². The average Bonchev–Trinajstić information content (AvgIpc) is 3.76. The van der Waals surface area contributed by atoms with Gasteiger partial charge in [0.25, 0.3) is 0 Å². The van der Waals surface area contributed by atoms with Crippen molar-refractivity contribution in [2.75, 3.05) is 13.1 Å². The molecule has 208 valence electrons. The molecule has 3 aromatic carbocycles. The van der Waals surface area contributed by atoms with E-state index in [1.165, 1.54) is 24.5 Å². The zero-order chi connectivity index (χ0) is 27.9. The molecule has 1 aromatic heterocycles. The summed E-state index contributed by atoms with van der Waals surface area (Å²) in [7, 11) is 0. The third-order valence-electron chi connectivity index (χ3n) is 8.33. The van der Waals surface area contributed by atoms with Gasteiger partial charge in [-0.05, 0) is 66.4 Å². The quantitative estimate of drug-likeness (QED) is 0.224. The number of oxime groups is 1. The van der Waals surface area contributed by atoms with Crippen molar-refractivity contribution in [3.8, 4) is 5.75 Å². The van der Waals surface area contributed by atoms with E-state index in [4.69, 9.17) is 9.25 Å². The number of hydrogen-bond donors (Lipinski definition) is 1. The summed E-state index contributed by atoms with van der Waals surface area (Å²) in [6.45, 7) is 3.43. The highest BCUT2D eigenvalue weighted by molar-refractivity contribution is 6.06. The highest BCUT2D eigenvalue weighted by atomic mass is 16.7. The van der Waals surface area contributed by atoms with E-state index < -0.39 is 11.2 Å². The molecule has 3 aliphatic heterocycles. The van der Waals surface area contributed by atoms with Gasteiger partial charge < -0.3 is 14.4 Å². The van der Waals surface area contributed by atoms with Gasteiger partial charge in [-0.1, -0.05) is 65.8 Å². The van der Waals surface area contributed by atoms with Crippen LogP contribution in [0.5, 0.6) is 5.75 Å². The third-order valence-corrected chi connectivity index (χ3v) is 8.33. The Bertz CT molecular complexity index is 1590. The minimum Gasteiger partial charge on any atom is -0.508 e. The molecule has 0 amide bonds. The van der Waals surface area contributed by atoms with E-state index in [9.17, 15) is 15.2 Å². The van der Waals surface area contributed by atoms with Crippen molar-refractivity contribution in [2.24, 2.45) is 5.16 Å². The number of likely N-dealkylation sites (tertiary alicyclic amines) is 1. The molecule has 1 fully saturated rings. The first-order valence-electron chi connectivity index (χ1n) is 14.0. The predicted molar refractivity (Wildman–Crippen MR) is 152 cm³/mol. The van der Waals surface area contributed by atoms with Gasteiger partial charge in [0.05, 0.1) is 30.3 Å². The number of aromatic hydroxyl groups is 1. The van der Waals surface area contributed by atoms with Crippen molar-refractivity contribution in [3.05, 3.63) is 129 Å². The molecule has 9 heteroatoms. The summed E-state index contributed by atoms with van der Waals surface area (Å²) in [5, 5.41) is 26.6. The van der Waals surface area contributed by atoms with Crippen molar-refractivity contribution in [1.82, 2.24) is 9.80 Å². The second-order valence-corrected chi connectivity index (χ2v) is 10.9. The van der Waals surface area contributed by atoms with Crippen LogP contribution in [0.1, 0.15) is 58.4 Å². The second-order valence-electron chi connectivity index (χ2n) is 10.9. The van der Waals surface area contributed by atoms with Gasteiger partial charge in [0.2, 0.25) is 0 Å². The van der Waals surface area contributed by atoms with Crippen LogP contribution in [0.3, 0.4) is 0 Å². The summed E-state index contributed by atoms with van der Waals surface area (Å²) >= 11 is 0. The first-order chi connectivity index (χ1) is 20.0. The molecule has 4 aromatic rings. The van der Waals surface area contributed by atoms with E-state index in [0.717, 1.165) is 47.6 Å². The molecule has 3 aliphatic rings. The van der Waals surface area contributed by atoms with Crippen molar-refractivity contribution in [3.63, 3.8) is 0 Å². The van der Waals surface area contributed by atoms with Crippen LogP contribution >= 0.6 is 0 Å². The number of furan rings is 1. The Kier molecular flexibility index (Phi) is 6.53. The van der Waals surface area contributed by atoms with Gasteiger partial charge >= 0.3 is 5.88 Å². The molecule has 0 saturated carbocycles. The number of nitrogens with zero attached hydrogens (tertiary/aromatic N) is 4. The number of phenols is 1. The van der Waals surface area contributed by atoms with Crippen LogP contribution < -0.4 is 0 Å². The number of rotatable bonds is 7. The largest absolute Gasteiger partial charge is 0.508 e. The fourth-order valence-electron chi connectivity index (χ4n) is 6.45. The summed E-state index contributed by atoms with van der Waals surface area (Å²) in [4.78, 5) is 21.6. The minimum atomic E-state index is -0.533. The first-order valence-corrected chi connectivity index (χ1v) is 14.0. The minimum absolute atomic E-state index is 0.170. The highest BCUT2D eigenvalue weighted by Gasteiger charge is 2.49. The van der Waals surface area contributed by atoms with E-state index in [1.54, 1.807) is 12.1 Å². The van der Waals surface area contributed by atoms with Crippen LogP contribution in [0.15, 0.2) is 94.5 Å². The Morgan fingerprint density at radius 3 is 2.44 bits per heavy atom. The Balaban J connectivity index is 1.32. The van der Waals surface area contributed by atoms with E-state index >= 15 is 0 Å². The topological polar surface area (TPSA) is 105 Å². The molecule has 3 atom stereocenters. The van der Waals surface area contributed by atoms with Crippen LogP contribution in [0.2, 0.25) is 0 Å². The Hall–Kier alpha value is -4.47. The van der Waals surface area contributed by atoms with Gasteiger partial charge in [0.15, 0.2) is 6.23 Å². The molecule has 0 aliphatic carbocycles. The maximum absolute atomic E-state index is 11.4. The summed E-state index contributed by atoms with van der Waals surface area (Å²) in [5.41, 5.74) is 6.00. The summed E-state index contributed by atoms with van der Waals surface area (Å²) < 4.78 is 5.61. The standard InChI is InChI=1S/C32H30N4O5/c37-24-12-14-26-27(18-24)31(23-10-8-21(9-11-23)19-34-16-4-5-17-34)35(20-25-13-15-28(40-25)36(38)39)32-29(26)30(33-41-32)22-6-2-1-3-7-22/h1-3,6-15,18,29,31-32,37H,4-5,16-17,19-20H2/t29-,31+,32+/m0/s1. The number of phenolic OH excluding ortho intramolecular Hbond substituents is 1. The van der Waals surface area contributed by atoms with Crippen molar-refractivity contribution >= 4 is 11.6 Å². The molecule has 0 bridgehead atoms. The summed E-state index contributed by atoms with van der Waals surface area (Å²) in [5.74, 6) is 0.0849. The van der Waals surface area contributed by atoms with E-state index in [0.29, 0.717) is 5.76 Å². The first kappa shape index (κ1) is 25.5. The SMILES string of the molecule is O=[N+]([O-])c1ccc(CN2[C@H](c3ccc(CN4CCCC4)cc3)c3cc(O)ccc3[C@H]3C(c4ccccc4)=NO[C@H]32)o1. The molecular formula is C32H30N4O5. The summed E-state index contributed by atoms with van der Waals surface area (Å²) in [6, 6.07) is 26.7. The van der Waals surface area contributed by atoms with E-state index in [2.05, 4.69) is 39.2 Å². The van der Waals surface area contributed by atoms with Gasteiger partial charge in [-0.3, -0.25) is 15.0 Å². The van der Waals surface area contributed by atoms with Gasteiger partial charge in [-0.25, -0.2) is 4.90 Å². The fourth-order valence-corrected chi connectivity index (χ4v) is 6.45. The molecule has 1 saturated heterocycles. The molecule has 9 nitrogen and oxygen atoms in total. The zero-order valence-electron chi connectivity index (χ0n) is 22.4. The van der Waals surface area contributed by atoms with Gasteiger partial charge in [-0.15, -0.1) is 0 Å². The monoisotopic (exact) mass is 550 g/mol. The third kappa shape index (κ3) is 4.77. The average molecular weight is 551 g/mol. The van der Waals surface area contributed by atoms with Gasteiger partial charge in [0.1, 0.15) is 16.4 Å². The van der Waals surface area contributed by atoms with Crippen molar-refractivity contribution in [1.29, 1.82) is 0 Å². The normalized spacial score (nSPS) is 22.1. The lowest BCUT2D eigenvalue weighted by atomic mass is 9.78.